The van der Waals surface area contributed by atoms with E-state index in [1.165, 1.54) is 41.3 Å². The number of nitrogens with one attached hydrogen (secondary N) is 1. The van der Waals surface area contributed by atoms with E-state index in [9.17, 15) is 22.3 Å². The molecule has 4 N–H and O–H groups in total. The quantitative estimate of drug-likeness (QED) is 0.515. The third-order valence-corrected chi connectivity index (χ3v) is 4.88. The van der Waals surface area contributed by atoms with Gasteiger partial charge in [0.2, 0.25) is 16.0 Å². The molecular weight excluding hydrogens is 418 g/mol. The van der Waals surface area contributed by atoms with E-state index in [2.05, 4.69) is 20.4 Å². The molecule has 2 aromatic heterocycles. The molecule has 0 amide bonds. The number of hydrogen-bond acceptors (Lipinski definition) is 7. The maximum Gasteiger partial charge on any atom is 0.267 e. The molecule has 0 fully saturated rings. The Kier molecular flexibility index (Phi) is 5.83. The summed E-state index contributed by atoms with van der Waals surface area (Å²) in [6.07, 6.45) is 1.10. The molecule has 1 aromatic carbocycles. The maximum absolute atomic E-state index is 13.5. The van der Waals surface area contributed by atoms with Crippen LogP contribution in [0, 0.1) is 0 Å². The van der Waals surface area contributed by atoms with Crippen LogP contribution in [-0.4, -0.2) is 38.9 Å². The highest BCUT2D eigenvalue weighted by molar-refractivity contribution is 7.89. The van der Waals surface area contributed by atoms with E-state index < -0.39 is 22.0 Å². The zero-order valence-electron chi connectivity index (χ0n) is 16.1. The van der Waals surface area contributed by atoms with E-state index in [1.807, 2.05) is 0 Å². The fourth-order valence-corrected chi connectivity index (χ4v) is 3.18. The molecule has 3 aromatic rings. The normalized spacial score (nSPS) is 12.4. The van der Waals surface area contributed by atoms with Gasteiger partial charge >= 0.3 is 0 Å². The monoisotopic (exact) mass is 438 g/mol. The highest BCUT2D eigenvalue weighted by Gasteiger charge is 2.20. The first-order valence-electron chi connectivity index (χ1n) is 8.72. The smallest absolute Gasteiger partial charge is 0.267 e. The van der Waals surface area contributed by atoms with Crippen molar-refractivity contribution in [3.8, 4) is 11.3 Å². The Morgan fingerprint density at radius 2 is 1.90 bits per heavy atom. The first kappa shape index (κ1) is 21.7. The summed E-state index contributed by atoms with van der Waals surface area (Å²) >= 11 is 0. The molecule has 3 rings (SSSR count). The lowest BCUT2D eigenvalue weighted by Gasteiger charge is -2.16. The summed E-state index contributed by atoms with van der Waals surface area (Å²) in [5.41, 5.74) is -0.629. The Bertz CT molecular complexity index is 1140. The summed E-state index contributed by atoms with van der Waals surface area (Å²) in [5.74, 6) is 0.0352. The molecule has 0 unspecified atom stereocenters. The SMILES string of the molecule is CC(C)(O)Cn1cc(-c2nc(Nc3ccc(S(N)(=O)=O)cc3)ncc2C(F)F)cn1. The second-order valence-corrected chi connectivity index (χ2v) is 8.79. The minimum absolute atomic E-state index is 0.00866. The number of nitrogens with zero attached hydrogens (tertiary/aromatic N) is 4. The molecule has 0 aliphatic carbocycles. The van der Waals surface area contributed by atoms with Gasteiger partial charge in [-0.15, -0.1) is 0 Å². The molecule has 0 atom stereocenters. The second-order valence-electron chi connectivity index (χ2n) is 7.23. The molecule has 12 heteroatoms. The van der Waals surface area contributed by atoms with Gasteiger partial charge in [0.25, 0.3) is 6.43 Å². The summed E-state index contributed by atoms with van der Waals surface area (Å²) in [4.78, 5) is 8.02. The number of aromatic nitrogens is 4. The largest absolute Gasteiger partial charge is 0.389 e. The van der Waals surface area contributed by atoms with Gasteiger partial charge < -0.3 is 10.4 Å². The van der Waals surface area contributed by atoms with E-state index in [1.54, 1.807) is 13.8 Å². The van der Waals surface area contributed by atoms with Crippen LogP contribution in [-0.2, 0) is 16.6 Å². The van der Waals surface area contributed by atoms with E-state index in [0.717, 1.165) is 6.20 Å². The highest BCUT2D eigenvalue weighted by atomic mass is 32.2. The van der Waals surface area contributed by atoms with Gasteiger partial charge in [0, 0.05) is 23.6 Å². The van der Waals surface area contributed by atoms with Gasteiger partial charge in [-0.1, -0.05) is 0 Å². The lowest BCUT2D eigenvalue weighted by Crippen LogP contribution is -2.26. The van der Waals surface area contributed by atoms with Crippen molar-refractivity contribution in [3.63, 3.8) is 0 Å². The molecule has 2 heterocycles. The van der Waals surface area contributed by atoms with Crippen LogP contribution < -0.4 is 10.5 Å². The van der Waals surface area contributed by atoms with Crippen LogP contribution in [0.1, 0.15) is 25.8 Å². The Morgan fingerprint density at radius 1 is 1.23 bits per heavy atom. The zero-order valence-corrected chi connectivity index (χ0v) is 16.9. The number of halogens is 2. The minimum Gasteiger partial charge on any atom is -0.389 e. The van der Waals surface area contributed by atoms with E-state index >= 15 is 0 Å². The van der Waals surface area contributed by atoms with Crippen LogP contribution in [0.5, 0.6) is 0 Å². The van der Waals surface area contributed by atoms with Crippen molar-refractivity contribution in [2.75, 3.05) is 5.32 Å². The Labute approximate surface area is 171 Å². The minimum atomic E-state index is -3.83. The number of hydrogen-bond donors (Lipinski definition) is 3. The number of alkyl halides is 2. The third-order valence-electron chi connectivity index (χ3n) is 3.95. The Morgan fingerprint density at radius 3 is 2.47 bits per heavy atom. The van der Waals surface area contributed by atoms with Gasteiger partial charge in [0.15, 0.2) is 0 Å². The molecule has 0 aliphatic heterocycles. The summed E-state index contributed by atoms with van der Waals surface area (Å²) in [6.45, 7) is 3.38. The molecular formula is C18H20F2N6O3S. The van der Waals surface area contributed by atoms with Gasteiger partial charge in [-0.25, -0.2) is 32.3 Å². The van der Waals surface area contributed by atoms with Crippen molar-refractivity contribution in [2.45, 2.75) is 37.3 Å². The maximum atomic E-state index is 13.5. The fourth-order valence-electron chi connectivity index (χ4n) is 2.67. The van der Waals surface area contributed by atoms with Gasteiger partial charge in [-0.3, -0.25) is 4.68 Å². The highest BCUT2D eigenvalue weighted by Crippen LogP contribution is 2.30. The van der Waals surface area contributed by atoms with Gasteiger partial charge in [-0.05, 0) is 38.1 Å². The molecule has 160 valence electrons. The first-order chi connectivity index (χ1) is 13.9. The lowest BCUT2D eigenvalue weighted by atomic mass is 10.1. The summed E-state index contributed by atoms with van der Waals surface area (Å²) < 4.78 is 51.0. The van der Waals surface area contributed by atoms with Gasteiger partial charge in [0.05, 0.1) is 34.5 Å². The van der Waals surface area contributed by atoms with Crippen LogP contribution in [0.3, 0.4) is 0 Å². The van der Waals surface area contributed by atoms with Crippen LogP contribution in [0.25, 0.3) is 11.3 Å². The average molecular weight is 438 g/mol. The molecule has 0 bridgehead atoms. The van der Waals surface area contributed by atoms with Crippen molar-refractivity contribution in [2.24, 2.45) is 5.14 Å². The number of nitrogens with two attached hydrogens (primary N) is 1. The molecule has 9 nitrogen and oxygen atoms in total. The predicted molar refractivity (Wildman–Crippen MR) is 106 cm³/mol. The van der Waals surface area contributed by atoms with Crippen LogP contribution >= 0.6 is 0 Å². The third kappa shape index (κ3) is 5.34. The zero-order chi connectivity index (χ0) is 22.1. The van der Waals surface area contributed by atoms with Crippen LogP contribution in [0.4, 0.5) is 20.4 Å². The van der Waals surface area contributed by atoms with Crippen LogP contribution in [0.2, 0.25) is 0 Å². The molecule has 30 heavy (non-hydrogen) atoms. The number of benzene rings is 1. The van der Waals surface area contributed by atoms with E-state index in [0.29, 0.717) is 11.3 Å². The van der Waals surface area contributed by atoms with Crippen molar-refractivity contribution >= 4 is 21.7 Å². The predicted octanol–water partition coefficient (Wildman–Crippen LogP) is 2.44. The molecule has 0 aliphatic rings. The first-order valence-corrected chi connectivity index (χ1v) is 10.3. The van der Waals surface area contributed by atoms with Crippen molar-refractivity contribution in [3.05, 3.63) is 48.4 Å². The van der Waals surface area contributed by atoms with Crippen molar-refractivity contribution in [1.29, 1.82) is 0 Å². The number of primary sulfonamides is 1. The average Bonchev–Trinajstić information content (AvgIpc) is 3.07. The molecule has 0 spiro atoms. The number of anilines is 2. The van der Waals surface area contributed by atoms with E-state index in [4.69, 9.17) is 5.14 Å². The molecule has 0 radical (unpaired) electrons. The van der Waals surface area contributed by atoms with E-state index in [-0.39, 0.29) is 28.6 Å². The van der Waals surface area contributed by atoms with Crippen molar-refractivity contribution in [1.82, 2.24) is 19.7 Å². The summed E-state index contributed by atoms with van der Waals surface area (Å²) in [5, 5.41) is 21.9. The topological polar surface area (TPSA) is 136 Å². The summed E-state index contributed by atoms with van der Waals surface area (Å²) in [7, 11) is -3.83. The number of aliphatic hydroxyl groups is 1. The lowest BCUT2D eigenvalue weighted by molar-refractivity contribution is 0.0577. The Hall–Kier alpha value is -2.96. The van der Waals surface area contributed by atoms with Crippen LogP contribution in [0.15, 0.2) is 47.8 Å². The fraction of sp³-hybridized carbons (Fsp3) is 0.278. The summed E-state index contributed by atoms with van der Waals surface area (Å²) in [6, 6.07) is 5.50. The molecule has 0 saturated carbocycles. The Balaban J connectivity index is 1.92. The number of rotatable bonds is 7. The van der Waals surface area contributed by atoms with Crippen molar-refractivity contribution < 1.29 is 22.3 Å². The van der Waals surface area contributed by atoms with Gasteiger partial charge in [0.1, 0.15) is 0 Å². The second kappa shape index (κ2) is 8.05. The number of sulfonamides is 1. The standard InChI is InChI=1S/C18H20F2N6O3S/c1-18(2,27)10-26-9-11(7-23-26)15-14(16(19)20)8-22-17(25-15)24-12-3-5-13(6-4-12)30(21,28)29/h3-9,16,27H,10H2,1-2H3,(H2,21,28,29)(H,22,24,25). The molecule has 0 saturated heterocycles. The van der Waals surface area contributed by atoms with Gasteiger partial charge in [-0.2, -0.15) is 5.10 Å².